The van der Waals surface area contributed by atoms with Gasteiger partial charge in [0.05, 0.1) is 11.6 Å². The number of para-hydroxylation sites is 1. The molecule has 2 heterocycles. The van der Waals surface area contributed by atoms with Crippen LogP contribution < -0.4 is 11.3 Å². The van der Waals surface area contributed by atoms with E-state index in [9.17, 15) is 0 Å². The Morgan fingerprint density at radius 3 is 3.00 bits per heavy atom. The molecule has 2 aromatic rings. The summed E-state index contributed by atoms with van der Waals surface area (Å²) >= 11 is 0. The molecule has 0 saturated heterocycles. The van der Waals surface area contributed by atoms with E-state index in [2.05, 4.69) is 25.7 Å². The van der Waals surface area contributed by atoms with Crippen LogP contribution in [0.25, 0.3) is 0 Å². The summed E-state index contributed by atoms with van der Waals surface area (Å²) in [6.07, 6.45) is 3.62. The molecule has 1 aliphatic heterocycles. The second-order valence-electron chi connectivity index (χ2n) is 4.19. The molecule has 1 aromatic carbocycles. The number of aryl methyl sites for hydroxylation is 1. The molecule has 0 bridgehead atoms. The summed E-state index contributed by atoms with van der Waals surface area (Å²) in [5.41, 5.74) is 4.88. The molecule has 0 saturated carbocycles. The Morgan fingerprint density at radius 2 is 2.21 bits per heavy atom. The maximum atomic E-state index is 5.70. The fourth-order valence-corrected chi connectivity index (χ4v) is 1.87. The Labute approximate surface area is 109 Å². The van der Waals surface area contributed by atoms with Crippen molar-refractivity contribution in [3.8, 4) is 0 Å². The maximum Gasteiger partial charge on any atom is 0.263 e. The second kappa shape index (κ2) is 4.52. The largest absolute Gasteiger partial charge is 0.335 e. The Hall–Kier alpha value is -2.70. The standard InChI is InChI=1S/C12H13N7/c1-8-16-18-12(19(8)13)17-15-7-9-6-14-11-5-3-2-4-10(9)11/h2-7,9H,13H2,1H3,(H,17,18). The van der Waals surface area contributed by atoms with E-state index in [4.69, 9.17) is 5.84 Å². The molecule has 0 amide bonds. The van der Waals surface area contributed by atoms with Crippen LogP contribution in [-0.4, -0.2) is 27.3 Å². The van der Waals surface area contributed by atoms with Crippen LogP contribution in [0.15, 0.2) is 34.4 Å². The summed E-state index contributed by atoms with van der Waals surface area (Å²) < 4.78 is 1.34. The van der Waals surface area contributed by atoms with Gasteiger partial charge in [-0.2, -0.15) is 5.10 Å². The molecule has 1 atom stereocenters. The second-order valence-corrected chi connectivity index (χ2v) is 4.19. The number of hydrogen-bond acceptors (Lipinski definition) is 6. The zero-order valence-corrected chi connectivity index (χ0v) is 10.4. The molecular weight excluding hydrogens is 242 g/mol. The van der Waals surface area contributed by atoms with Gasteiger partial charge in [-0.05, 0) is 18.6 Å². The number of aliphatic imine (C=N–C) groups is 1. The molecule has 1 unspecified atom stereocenters. The number of nitrogens with one attached hydrogen (secondary N) is 1. The van der Waals surface area contributed by atoms with Crippen molar-refractivity contribution in [2.24, 2.45) is 10.1 Å². The number of hydrogen-bond donors (Lipinski definition) is 2. The van der Waals surface area contributed by atoms with Gasteiger partial charge in [0, 0.05) is 12.4 Å². The molecule has 0 aliphatic carbocycles. The minimum absolute atomic E-state index is 0.0685. The van der Waals surface area contributed by atoms with Gasteiger partial charge in [-0.25, -0.2) is 10.1 Å². The Kier molecular flexibility index (Phi) is 2.71. The fraction of sp³-hybridized carbons (Fsp3) is 0.167. The minimum Gasteiger partial charge on any atom is -0.335 e. The van der Waals surface area contributed by atoms with Crippen LogP contribution in [0.1, 0.15) is 17.3 Å². The first-order valence-electron chi connectivity index (χ1n) is 5.85. The summed E-state index contributed by atoms with van der Waals surface area (Å²) in [4.78, 5) is 4.33. The molecule has 96 valence electrons. The van der Waals surface area contributed by atoms with Crippen molar-refractivity contribution in [3.05, 3.63) is 35.7 Å². The molecule has 0 fully saturated rings. The Balaban J connectivity index is 1.72. The highest BCUT2D eigenvalue weighted by Gasteiger charge is 2.15. The molecule has 7 nitrogen and oxygen atoms in total. The number of nitrogen functional groups attached to an aromatic ring is 1. The van der Waals surface area contributed by atoms with Crippen LogP contribution in [0.5, 0.6) is 0 Å². The van der Waals surface area contributed by atoms with Crippen molar-refractivity contribution in [1.82, 2.24) is 14.9 Å². The lowest BCUT2D eigenvalue weighted by atomic mass is 10.0. The van der Waals surface area contributed by atoms with Crippen LogP contribution in [-0.2, 0) is 0 Å². The molecule has 7 heteroatoms. The number of nitrogens with two attached hydrogens (primary N) is 1. The SMILES string of the molecule is Cc1nnc(NN=CC2C=Nc3ccccc32)n1N. The highest BCUT2D eigenvalue weighted by Crippen LogP contribution is 2.30. The van der Waals surface area contributed by atoms with Gasteiger partial charge in [-0.1, -0.05) is 18.2 Å². The lowest BCUT2D eigenvalue weighted by molar-refractivity contribution is 0.925. The average molecular weight is 255 g/mol. The topological polar surface area (TPSA) is 93.5 Å². The lowest BCUT2D eigenvalue weighted by Crippen LogP contribution is -2.13. The third-order valence-electron chi connectivity index (χ3n) is 2.94. The molecule has 19 heavy (non-hydrogen) atoms. The fourth-order valence-electron chi connectivity index (χ4n) is 1.87. The summed E-state index contributed by atoms with van der Waals surface area (Å²) in [7, 11) is 0. The highest BCUT2D eigenvalue weighted by atomic mass is 15.5. The molecular formula is C12H13N7. The van der Waals surface area contributed by atoms with Gasteiger partial charge in [0.25, 0.3) is 5.95 Å². The van der Waals surface area contributed by atoms with Crippen LogP contribution in [0.2, 0.25) is 0 Å². The van der Waals surface area contributed by atoms with E-state index >= 15 is 0 Å². The molecule has 3 N–H and O–H groups in total. The first kappa shape index (κ1) is 11.4. The quantitative estimate of drug-likeness (QED) is 0.489. The molecule has 0 spiro atoms. The summed E-state index contributed by atoms with van der Waals surface area (Å²) in [5, 5.41) is 11.8. The van der Waals surface area contributed by atoms with Crippen molar-refractivity contribution in [2.75, 3.05) is 11.3 Å². The van der Waals surface area contributed by atoms with E-state index in [1.807, 2.05) is 30.5 Å². The lowest BCUT2D eigenvalue weighted by Gasteiger charge is -2.03. The van der Waals surface area contributed by atoms with Crippen molar-refractivity contribution in [1.29, 1.82) is 0 Å². The number of rotatable bonds is 3. The number of nitrogens with zero attached hydrogens (tertiary/aromatic N) is 5. The summed E-state index contributed by atoms with van der Waals surface area (Å²) in [5.74, 6) is 6.79. The predicted octanol–water partition coefficient (Wildman–Crippen LogP) is 1.20. The van der Waals surface area contributed by atoms with Gasteiger partial charge in [0.15, 0.2) is 5.82 Å². The van der Waals surface area contributed by atoms with Crippen molar-refractivity contribution in [2.45, 2.75) is 12.8 Å². The highest BCUT2D eigenvalue weighted by molar-refractivity contribution is 5.96. The van der Waals surface area contributed by atoms with Crippen LogP contribution in [0.4, 0.5) is 11.6 Å². The third kappa shape index (κ3) is 2.05. The first-order chi connectivity index (χ1) is 9.25. The van der Waals surface area contributed by atoms with Crippen molar-refractivity contribution in [3.63, 3.8) is 0 Å². The third-order valence-corrected chi connectivity index (χ3v) is 2.94. The number of benzene rings is 1. The zero-order chi connectivity index (χ0) is 13.2. The van der Waals surface area contributed by atoms with Gasteiger partial charge < -0.3 is 5.84 Å². The molecule has 3 rings (SSSR count). The number of aromatic nitrogens is 3. The Morgan fingerprint density at radius 1 is 1.37 bits per heavy atom. The average Bonchev–Trinajstić information content (AvgIpc) is 2.97. The smallest absolute Gasteiger partial charge is 0.263 e. The van der Waals surface area contributed by atoms with Gasteiger partial charge in [0.1, 0.15) is 0 Å². The van der Waals surface area contributed by atoms with Gasteiger partial charge >= 0.3 is 0 Å². The predicted molar refractivity (Wildman–Crippen MR) is 74.4 cm³/mol. The minimum atomic E-state index is 0.0685. The number of fused-ring (bicyclic) bond motifs is 1. The first-order valence-corrected chi connectivity index (χ1v) is 5.85. The summed E-state index contributed by atoms with van der Waals surface area (Å²) in [6, 6.07) is 7.97. The monoisotopic (exact) mass is 255 g/mol. The molecule has 1 aliphatic rings. The van der Waals surface area contributed by atoms with Crippen molar-refractivity contribution >= 4 is 24.1 Å². The van der Waals surface area contributed by atoms with E-state index in [-0.39, 0.29) is 5.92 Å². The van der Waals surface area contributed by atoms with Gasteiger partial charge in [0.2, 0.25) is 0 Å². The number of hydrazone groups is 1. The van der Waals surface area contributed by atoms with Crippen LogP contribution in [0, 0.1) is 6.92 Å². The van der Waals surface area contributed by atoms with Gasteiger partial charge in [-0.15, -0.1) is 10.2 Å². The Bertz CT molecular complexity index is 656. The van der Waals surface area contributed by atoms with E-state index < -0.39 is 0 Å². The summed E-state index contributed by atoms with van der Waals surface area (Å²) in [6.45, 7) is 1.77. The van der Waals surface area contributed by atoms with E-state index in [0.717, 1.165) is 11.3 Å². The van der Waals surface area contributed by atoms with Crippen LogP contribution >= 0.6 is 0 Å². The van der Waals surface area contributed by atoms with Gasteiger partial charge in [-0.3, -0.25) is 4.99 Å². The van der Waals surface area contributed by atoms with E-state index in [1.165, 1.54) is 4.68 Å². The zero-order valence-electron chi connectivity index (χ0n) is 10.4. The maximum absolute atomic E-state index is 5.70. The van der Waals surface area contributed by atoms with Crippen LogP contribution in [0.3, 0.4) is 0 Å². The van der Waals surface area contributed by atoms with Crippen molar-refractivity contribution < 1.29 is 0 Å². The molecule has 0 radical (unpaired) electrons. The van der Waals surface area contributed by atoms with E-state index in [0.29, 0.717) is 11.8 Å². The normalized spacial score (nSPS) is 17.0. The van der Waals surface area contributed by atoms with E-state index in [1.54, 1.807) is 13.1 Å². The number of anilines is 1. The molecule has 1 aromatic heterocycles.